The maximum atomic E-state index is 10.9. The molecule has 0 amide bonds. The highest BCUT2D eigenvalue weighted by Gasteiger charge is 2.12. The topological polar surface area (TPSA) is 85.2 Å². The third kappa shape index (κ3) is 3.52. The van der Waals surface area contributed by atoms with Gasteiger partial charge in [0.2, 0.25) is 5.75 Å². The molecule has 0 radical (unpaired) electrons. The van der Waals surface area contributed by atoms with Crippen LogP contribution < -0.4 is 14.2 Å². The molecule has 0 saturated heterocycles. The lowest BCUT2D eigenvalue weighted by Gasteiger charge is -2.12. The molecule has 6 nitrogen and oxygen atoms in total. The van der Waals surface area contributed by atoms with Gasteiger partial charge in [0.25, 0.3) is 0 Å². The molecule has 0 spiro atoms. The molecule has 2 aromatic rings. The lowest BCUT2D eigenvalue weighted by atomic mass is 10.1. The zero-order valence-electron chi connectivity index (χ0n) is 13.4. The van der Waals surface area contributed by atoms with Crippen molar-refractivity contribution in [3.8, 4) is 34.8 Å². The Labute approximate surface area is 139 Å². The van der Waals surface area contributed by atoms with Gasteiger partial charge in [-0.3, -0.25) is 0 Å². The van der Waals surface area contributed by atoms with Gasteiger partial charge < -0.3 is 24.4 Å². The van der Waals surface area contributed by atoms with Gasteiger partial charge >= 0.3 is 5.97 Å². The normalized spacial score (nSPS) is 9.62. The molecular weight excluding hydrogens is 312 g/mol. The molecule has 2 rings (SSSR count). The van der Waals surface area contributed by atoms with E-state index in [-0.39, 0.29) is 11.3 Å². The van der Waals surface area contributed by atoms with E-state index < -0.39 is 5.97 Å². The lowest BCUT2D eigenvalue weighted by molar-refractivity contribution is 0.0693. The van der Waals surface area contributed by atoms with E-state index in [0.717, 1.165) is 0 Å². The zero-order chi connectivity index (χ0) is 17.7. The summed E-state index contributed by atoms with van der Waals surface area (Å²) in [6.07, 6.45) is 0. The van der Waals surface area contributed by atoms with Gasteiger partial charge in [0.1, 0.15) is 11.3 Å². The molecule has 0 unspecified atom stereocenters. The molecule has 0 aromatic heterocycles. The molecule has 24 heavy (non-hydrogen) atoms. The Morgan fingerprint density at radius 1 is 0.917 bits per heavy atom. The van der Waals surface area contributed by atoms with E-state index in [1.54, 1.807) is 12.1 Å². The Kier molecular flexibility index (Phi) is 5.17. The molecule has 2 aromatic carbocycles. The SMILES string of the molecule is COc1cc(C#Cc2ccc(C(=O)O)c(O)c2)cc(OC)c1OC. The van der Waals surface area contributed by atoms with Gasteiger partial charge in [0.05, 0.1) is 21.3 Å². The van der Waals surface area contributed by atoms with Crippen LogP contribution in [0.2, 0.25) is 0 Å². The number of carbonyl (C=O) groups is 1. The number of hydrogen-bond acceptors (Lipinski definition) is 5. The summed E-state index contributed by atoms with van der Waals surface area (Å²) in [5, 5.41) is 18.6. The number of aromatic carboxylic acids is 1. The van der Waals surface area contributed by atoms with Crippen molar-refractivity contribution in [1.29, 1.82) is 0 Å². The van der Waals surface area contributed by atoms with Gasteiger partial charge in [-0.25, -0.2) is 4.79 Å². The van der Waals surface area contributed by atoms with Crippen molar-refractivity contribution in [2.45, 2.75) is 0 Å². The summed E-state index contributed by atoms with van der Waals surface area (Å²) >= 11 is 0. The van der Waals surface area contributed by atoms with E-state index in [1.165, 1.54) is 39.5 Å². The largest absolute Gasteiger partial charge is 0.507 e. The van der Waals surface area contributed by atoms with Crippen LogP contribution in [0.25, 0.3) is 0 Å². The summed E-state index contributed by atoms with van der Waals surface area (Å²) in [4.78, 5) is 10.9. The van der Waals surface area contributed by atoms with Crippen molar-refractivity contribution < 1.29 is 29.2 Å². The minimum atomic E-state index is -1.20. The molecule has 0 fully saturated rings. The van der Waals surface area contributed by atoms with E-state index in [1.807, 2.05) is 0 Å². The smallest absolute Gasteiger partial charge is 0.339 e. The highest BCUT2D eigenvalue weighted by atomic mass is 16.5. The van der Waals surface area contributed by atoms with E-state index in [9.17, 15) is 9.90 Å². The number of phenols is 1. The van der Waals surface area contributed by atoms with Crippen molar-refractivity contribution in [2.75, 3.05) is 21.3 Å². The summed E-state index contributed by atoms with van der Waals surface area (Å²) < 4.78 is 15.7. The van der Waals surface area contributed by atoms with Gasteiger partial charge in [0.15, 0.2) is 11.5 Å². The van der Waals surface area contributed by atoms with Crippen molar-refractivity contribution in [3.05, 3.63) is 47.0 Å². The first-order chi connectivity index (χ1) is 11.5. The first-order valence-corrected chi connectivity index (χ1v) is 6.88. The second-order valence-electron chi connectivity index (χ2n) is 4.70. The Balaban J connectivity index is 2.41. The zero-order valence-corrected chi connectivity index (χ0v) is 13.4. The highest BCUT2D eigenvalue weighted by molar-refractivity contribution is 5.90. The van der Waals surface area contributed by atoms with Crippen molar-refractivity contribution >= 4 is 5.97 Å². The maximum absolute atomic E-state index is 10.9. The minimum Gasteiger partial charge on any atom is -0.507 e. The molecule has 0 bridgehead atoms. The van der Waals surface area contributed by atoms with Crippen LogP contribution in [0.3, 0.4) is 0 Å². The standard InChI is InChI=1S/C18H16O6/c1-22-15-9-12(10-16(23-2)17(15)24-3)5-4-11-6-7-13(18(20)21)14(19)8-11/h6-10,19H,1-3H3,(H,20,21). The van der Waals surface area contributed by atoms with Gasteiger partial charge in [-0.15, -0.1) is 0 Å². The lowest BCUT2D eigenvalue weighted by Crippen LogP contribution is -1.96. The average molecular weight is 328 g/mol. The predicted molar refractivity (Wildman–Crippen MR) is 87.1 cm³/mol. The quantitative estimate of drug-likeness (QED) is 0.839. The summed E-state index contributed by atoms with van der Waals surface area (Å²) in [5.74, 6) is 5.66. The fraction of sp³-hybridized carbons (Fsp3) is 0.167. The number of carboxylic acids is 1. The summed E-state index contributed by atoms with van der Waals surface area (Å²) in [5.41, 5.74) is 0.922. The number of ether oxygens (including phenoxy) is 3. The molecular formula is C18H16O6. The first-order valence-electron chi connectivity index (χ1n) is 6.88. The van der Waals surface area contributed by atoms with Crippen LogP contribution in [-0.4, -0.2) is 37.5 Å². The minimum absolute atomic E-state index is 0.173. The third-order valence-corrected chi connectivity index (χ3v) is 3.24. The molecule has 0 heterocycles. The van der Waals surface area contributed by atoms with E-state index in [0.29, 0.717) is 28.4 Å². The van der Waals surface area contributed by atoms with Gasteiger partial charge in [-0.05, 0) is 30.3 Å². The van der Waals surface area contributed by atoms with Crippen LogP contribution in [0.15, 0.2) is 30.3 Å². The molecule has 124 valence electrons. The molecule has 0 aliphatic carbocycles. The third-order valence-electron chi connectivity index (χ3n) is 3.24. The van der Waals surface area contributed by atoms with Crippen LogP contribution >= 0.6 is 0 Å². The first kappa shape index (κ1) is 17.0. The van der Waals surface area contributed by atoms with Crippen LogP contribution in [0.5, 0.6) is 23.0 Å². The Hall–Kier alpha value is -3.33. The van der Waals surface area contributed by atoms with E-state index in [4.69, 9.17) is 19.3 Å². The number of carboxylic acid groups (broad SMARTS) is 1. The number of hydrogen-bond donors (Lipinski definition) is 2. The Morgan fingerprint density at radius 2 is 1.50 bits per heavy atom. The molecule has 0 atom stereocenters. The van der Waals surface area contributed by atoms with Crippen LogP contribution in [0, 0.1) is 11.8 Å². The number of methoxy groups -OCH3 is 3. The van der Waals surface area contributed by atoms with Crippen LogP contribution in [0.1, 0.15) is 21.5 Å². The van der Waals surface area contributed by atoms with Gasteiger partial charge in [-0.2, -0.15) is 0 Å². The van der Waals surface area contributed by atoms with Gasteiger partial charge in [0, 0.05) is 11.1 Å². The summed E-state index contributed by atoms with van der Waals surface area (Å²) in [6, 6.07) is 7.51. The molecule has 2 N–H and O–H groups in total. The molecule has 0 aliphatic heterocycles. The van der Waals surface area contributed by atoms with Crippen LogP contribution in [0.4, 0.5) is 0 Å². The summed E-state index contributed by atoms with van der Waals surface area (Å²) in [6.45, 7) is 0. The summed E-state index contributed by atoms with van der Waals surface area (Å²) in [7, 11) is 4.53. The number of aromatic hydroxyl groups is 1. The van der Waals surface area contributed by atoms with E-state index >= 15 is 0 Å². The Morgan fingerprint density at radius 3 is 1.96 bits per heavy atom. The second-order valence-corrected chi connectivity index (χ2v) is 4.70. The molecule has 0 saturated carbocycles. The fourth-order valence-corrected chi connectivity index (χ4v) is 2.09. The van der Waals surface area contributed by atoms with Crippen molar-refractivity contribution in [3.63, 3.8) is 0 Å². The molecule has 0 aliphatic rings. The van der Waals surface area contributed by atoms with Crippen molar-refractivity contribution in [2.24, 2.45) is 0 Å². The maximum Gasteiger partial charge on any atom is 0.339 e. The van der Waals surface area contributed by atoms with E-state index in [2.05, 4.69) is 11.8 Å². The van der Waals surface area contributed by atoms with Gasteiger partial charge in [-0.1, -0.05) is 11.8 Å². The van der Waals surface area contributed by atoms with Crippen LogP contribution in [-0.2, 0) is 0 Å². The van der Waals surface area contributed by atoms with Crippen molar-refractivity contribution in [1.82, 2.24) is 0 Å². The fourth-order valence-electron chi connectivity index (χ4n) is 2.09. The Bertz CT molecular complexity index is 804. The molecule has 6 heteroatoms. The predicted octanol–water partition coefficient (Wildman–Crippen LogP) is 2.52. The monoisotopic (exact) mass is 328 g/mol. The average Bonchev–Trinajstić information content (AvgIpc) is 2.58. The number of benzene rings is 2. The second kappa shape index (κ2) is 7.29. The number of rotatable bonds is 4. The highest BCUT2D eigenvalue weighted by Crippen LogP contribution is 2.37.